The molecular formula is C16H19N3O. The van der Waals surface area contributed by atoms with Crippen molar-refractivity contribution in [2.45, 2.75) is 31.7 Å². The second kappa shape index (κ2) is 5.49. The molecule has 0 saturated heterocycles. The minimum Gasteiger partial charge on any atom is -0.347 e. The number of hydrogen-bond donors (Lipinski definition) is 1. The monoisotopic (exact) mass is 269 g/mol. The topological polar surface area (TPSA) is 49.0 Å². The van der Waals surface area contributed by atoms with Gasteiger partial charge in [-0.3, -0.25) is 4.79 Å². The van der Waals surface area contributed by atoms with E-state index in [1.54, 1.807) is 17.3 Å². The van der Waals surface area contributed by atoms with Crippen molar-refractivity contribution < 1.29 is 4.79 Å². The molecule has 0 spiro atoms. The summed E-state index contributed by atoms with van der Waals surface area (Å²) in [6.07, 6.45) is 6.61. The quantitative estimate of drug-likeness (QED) is 0.930. The zero-order valence-corrected chi connectivity index (χ0v) is 11.7. The third kappa shape index (κ3) is 2.46. The average Bonchev–Trinajstić information content (AvgIpc) is 2.99. The Labute approximate surface area is 118 Å². The summed E-state index contributed by atoms with van der Waals surface area (Å²) in [5.74, 6) is 1.01. The SMILES string of the molecule is CN(Cc1ncc[nH]1)C(=O)C1CCCc2ccccc21. The van der Waals surface area contributed by atoms with Crippen LogP contribution in [0, 0.1) is 0 Å². The number of nitrogens with one attached hydrogen (secondary N) is 1. The van der Waals surface area contributed by atoms with E-state index in [2.05, 4.69) is 28.2 Å². The van der Waals surface area contributed by atoms with E-state index in [0.29, 0.717) is 6.54 Å². The Balaban J connectivity index is 1.77. The summed E-state index contributed by atoms with van der Waals surface area (Å²) < 4.78 is 0. The number of nitrogens with zero attached hydrogens (tertiary/aromatic N) is 2. The second-order valence-corrected chi connectivity index (χ2v) is 5.37. The summed E-state index contributed by atoms with van der Waals surface area (Å²) in [5.41, 5.74) is 2.53. The van der Waals surface area contributed by atoms with Gasteiger partial charge in [-0.05, 0) is 30.4 Å². The highest BCUT2D eigenvalue weighted by atomic mass is 16.2. The van der Waals surface area contributed by atoms with Gasteiger partial charge in [-0.25, -0.2) is 4.98 Å². The first kappa shape index (κ1) is 12.9. The van der Waals surface area contributed by atoms with E-state index < -0.39 is 0 Å². The molecule has 1 unspecified atom stereocenters. The molecule has 1 aliphatic rings. The van der Waals surface area contributed by atoms with Crippen molar-refractivity contribution in [3.8, 4) is 0 Å². The second-order valence-electron chi connectivity index (χ2n) is 5.37. The fraction of sp³-hybridized carbons (Fsp3) is 0.375. The number of imidazole rings is 1. The van der Waals surface area contributed by atoms with Gasteiger partial charge in [0.1, 0.15) is 5.82 Å². The van der Waals surface area contributed by atoms with Crippen LogP contribution >= 0.6 is 0 Å². The maximum atomic E-state index is 12.7. The molecular weight excluding hydrogens is 250 g/mol. The molecule has 0 fully saturated rings. The fourth-order valence-electron chi connectivity index (χ4n) is 2.96. The van der Waals surface area contributed by atoms with Crippen molar-refractivity contribution in [3.05, 3.63) is 53.6 Å². The lowest BCUT2D eigenvalue weighted by atomic mass is 9.82. The summed E-state index contributed by atoms with van der Waals surface area (Å²) in [7, 11) is 1.85. The molecule has 1 aromatic heterocycles. The number of likely N-dealkylation sites (N-methyl/N-ethyl adjacent to an activating group) is 1. The molecule has 1 aromatic carbocycles. The van der Waals surface area contributed by atoms with Gasteiger partial charge >= 0.3 is 0 Å². The van der Waals surface area contributed by atoms with Gasteiger partial charge in [-0.2, -0.15) is 0 Å². The summed E-state index contributed by atoms with van der Waals surface area (Å²) in [5, 5.41) is 0. The van der Waals surface area contributed by atoms with Crippen molar-refractivity contribution in [1.82, 2.24) is 14.9 Å². The van der Waals surface area contributed by atoms with Crippen molar-refractivity contribution in [3.63, 3.8) is 0 Å². The van der Waals surface area contributed by atoms with E-state index in [-0.39, 0.29) is 11.8 Å². The van der Waals surface area contributed by atoms with Crippen LogP contribution in [-0.4, -0.2) is 27.8 Å². The third-order valence-corrected chi connectivity index (χ3v) is 3.99. The van der Waals surface area contributed by atoms with Crippen LogP contribution in [0.3, 0.4) is 0 Å². The minimum atomic E-state index is -0.0000813. The molecule has 2 aromatic rings. The number of carbonyl (C=O) groups excluding carboxylic acids is 1. The van der Waals surface area contributed by atoms with Crippen LogP contribution in [0.15, 0.2) is 36.7 Å². The van der Waals surface area contributed by atoms with Crippen LogP contribution < -0.4 is 0 Å². The van der Waals surface area contributed by atoms with Gasteiger partial charge in [-0.15, -0.1) is 0 Å². The van der Waals surface area contributed by atoms with E-state index in [9.17, 15) is 4.79 Å². The number of carbonyl (C=O) groups is 1. The molecule has 1 N–H and O–H groups in total. The fourth-order valence-corrected chi connectivity index (χ4v) is 2.96. The Kier molecular flexibility index (Phi) is 3.54. The predicted molar refractivity (Wildman–Crippen MR) is 77.2 cm³/mol. The van der Waals surface area contributed by atoms with Gasteiger partial charge < -0.3 is 9.88 Å². The molecule has 4 heteroatoms. The molecule has 0 aliphatic heterocycles. The molecule has 4 nitrogen and oxygen atoms in total. The van der Waals surface area contributed by atoms with E-state index in [1.807, 2.05) is 13.1 Å². The van der Waals surface area contributed by atoms with Gasteiger partial charge in [0.05, 0.1) is 12.5 Å². The van der Waals surface area contributed by atoms with Gasteiger partial charge in [0.2, 0.25) is 5.91 Å². The molecule has 1 aliphatic carbocycles. The average molecular weight is 269 g/mol. The van der Waals surface area contributed by atoms with E-state index in [4.69, 9.17) is 0 Å². The first-order valence-corrected chi connectivity index (χ1v) is 7.07. The van der Waals surface area contributed by atoms with Gasteiger partial charge in [0.25, 0.3) is 0 Å². The zero-order valence-electron chi connectivity index (χ0n) is 11.7. The first-order chi connectivity index (χ1) is 9.75. The van der Waals surface area contributed by atoms with Crippen LogP contribution in [0.25, 0.3) is 0 Å². The Morgan fingerprint density at radius 3 is 3.10 bits per heavy atom. The largest absolute Gasteiger partial charge is 0.347 e. The molecule has 0 saturated carbocycles. The van der Waals surface area contributed by atoms with Crippen LogP contribution in [0.5, 0.6) is 0 Å². The third-order valence-electron chi connectivity index (χ3n) is 3.99. The first-order valence-electron chi connectivity index (χ1n) is 7.07. The van der Waals surface area contributed by atoms with Crippen LogP contribution in [0.1, 0.15) is 35.7 Å². The zero-order chi connectivity index (χ0) is 13.9. The number of rotatable bonds is 3. The van der Waals surface area contributed by atoms with E-state index in [1.165, 1.54) is 11.1 Å². The van der Waals surface area contributed by atoms with Gasteiger partial charge in [0, 0.05) is 19.4 Å². The predicted octanol–water partition coefficient (Wildman–Crippen LogP) is 2.49. The maximum Gasteiger partial charge on any atom is 0.230 e. The lowest BCUT2D eigenvalue weighted by Crippen LogP contribution is -2.33. The highest BCUT2D eigenvalue weighted by Crippen LogP contribution is 2.32. The standard InChI is InChI=1S/C16H19N3O/c1-19(11-15-17-9-10-18-15)16(20)14-8-4-6-12-5-2-3-7-13(12)14/h2-3,5,7,9-10,14H,4,6,8,11H2,1H3,(H,17,18). The molecule has 3 rings (SSSR count). The van der Waals surface area contributed by atoms with Crippen molar-refractivity contribution in [2.75, 3.05) is 7.05 Å². The number of aromatic amines is 1. The molecule has 1 heterocycles. The number of aromatic nitrogens is 2. The maximum absolute atomic E-state index is 12.7. The Morgan fingerprint density at radius 2 is 2.30 bits per heavy atom. The van der Waals surface area contributed by atoms with Gasteiger partial charge in [0.15, 0.2) is 0 Å². The lowest BCUT2D eigenvalue weighted by molar-refractivity contribution is -0.132. The van der Waals surface area contributed by atoms with Gasteiger partial charge in [-0.1, -0.05) is 24.3 Å². The molecule has 0 radical (unpaired) electrons. The normalized spacial score (nSPS) is 17.6. The highest BCUT2D eigenvalue weighted by molar-refractivity contribution is 5.84. The Hall–Kier alpha value is -2.10. The molecule has 20 heavy (non-hydrogen) atoms. The molecule has 1 amide bonds. The van der Waals surface area contributed by atoms with Crippen LogP contribution in [-0.2, 0) is 17.8 Å². The number of amides is 1. The molecule has 1 atom stereocenters. The number of fused-ring (bicyclic) bond motifs is 1. The highest BCUT2D eigenvalue weighted by Gasteiger charge is 2.28. The summed E-state index contributed by atoms with van der Waals surface area (Å²) in [4.78, 5) is 21.7. The number of hydrogen-bond acceptors (Lipinski definition) is 2. The minimum absolute atomic E-state index is 0.0000813. The van der Waals surface area contributed by atoms with Crippen molar-refractivity contribution in [1.29, 1.82) is 0 Å². The molecule has 0 bridgehead atoms. The number of H-pyrrole nitrogens is 1. The summed E-state index contributed by atoms with van der Waals surface area (Å²) >= 11 is 0. The van der Waals surface area contributed by atoms with E-state index >= 15 is 0 Å². The van der Waals surface area contributed by atoms with Crippen molar-refractivity contribution >= 4 is 5.91 Å². The smallest absolute Gasteiger partial charge is 0.230 e. The number of aryl methyl sites for hydroxylation is 1. The summed E-state index contributed by atoms with van der Waals surface area (Å²) in [6, 6.07) is 8.31. The van der Waals surface area contributed by atoms with Crippen molar-refractivity contribution in [2.24, 2.45) is 0 Å². The summed E-state index contributed by atoms with van der Waals surface area (Å²) in [6.45, 7) is 0.532. The molecule has 104 valence electrons. The Bertz CT molecular complexity index is 592. The number of benzene rings is 1. The van der Waals surface area contributed by atoms with E-state index in [0.717, 1.165) is 25.1 Å². The van der Waals surface area contributed by atoms with Crippen LogP contribution in [0.2, 0.25) is 0 Å². The Morgan fingerprint density at radius 1 is 1.45 bits per heavy atom. The van der Waals surface area contributed by atoms with Crippen LogP contribution in [0.4, 0.5) is 0 Å². The lowest BCUT2D eigenvalue weighted by Gasteiger charge is -2.28.